The minimum atomic E-state index is -0.791. The first-order valence-corrected chi connectivity index (χ1v) is 8.52. The molecule has 1 aliphatic rings. The molecule has 1 aromatic carbocycles. The quantitative estimate of drug-likeness (QED) is 0.835. The molecule has 0 radical (unpaired) electrons. The van der Waals surface area contributed by atoms with Crippen LogP contribution in [-0.4, -0.2) is 31.7 Å². The molecule has 2 N–H and O–H groups in total. The molecule has 1 saturated carbocycles. The molecular formula is C18H22N4O3. The normalized spacial score (nSPS) is 20.2. The van der Waals surface area contributed by atoms with E-state index < -0.39 is 5.97 Å². The van der Waals surface area contributed by atoms with E-state index in [2.05, 4.69) is 15.4 Å². The van der Waals surface area contributed by atoms with Crippen LogP contribution in [0.4, 0.5) is 0 Å². The van der Waals surface area contributed by atoms with Crippen molar-refractivity contribution >= 4 is 11.9 Å². The van der Waals surface area contributed by atoms with Crippen molar-refractivity contribution in [1.82, 2.24) is 20.1 Å². The summed E-state index contributed by atoms with van der Waals surface area (Å²) in [7, 11) is 0. The van der Waals surface area contributed by atoms with Crippen molar-refractivity contribution in [3.8, 4) is 0 Å². The number of aliphatic carboxylic acids is 1. The molecule has 0 aliphatic heterocycles. The summed E-state index contributed by atoms with van der Waals surface area (Å²) in [5.74, 6) is -1.42. The number of carbonyl (C=O) groups excluding carboxylic acids is 1. The van der Waals surface area contributed by atoms with E-state index in [1.54, 1.807) is 11.0 Å². The molecule has 1 aliphatic carbocycles. The predicted octanol–water partition coefficient (Wildman–Crippen LogP) is 1.83. The molecule has 7 nitrogen and oxygen atoms in total. The van der Waals surface area contributed by atoms with Crippen LogP contribution in [0.1, 0.15) is 36.8 Å². The van der Waals surface area contributed by atoms with Crippen LogP contribution in [0.2, 0.25) is 0 Å². The second-order valence-corrected chi connectivity index (χ2v) is 6.53. The van der Waals surface area contributed by atoms with E-state index in [1.165, 1.54) is 6.33 Å². The van der Waals surface area contributed by atoms with Crippen LogP contribution in [0.25, 0.3) is 0 Å². The molecule has 2 unspecified atom stereocenters. The van der Waals surface area contributed by atoms with Crippen LogP contribution in [0.15, 0.2) is 36.9 Å². The van der Waals surface area contributed by atoms with Gasteiger partial charge in [0.1, 0.15) is 12.7 Å². The van der Waals surface area contributed by atoms with Crippen LogP contribution in [0.3, 0.4) is 0 Å². The average molecular weight is 342 g/mol. The highest BCUT2D eigenvalue weighted by Gasteiger charge is 2.30. The number of carboxylic acids is 1. The van der Waals surface area contributed by atoms with Crippen molar-refractivity contribution in [1.29, 1.82) is 0 Å². The van der Waals surface area contributed by atoms with Gasteiger partial charge in [-0.1, -0.05) is 30.7 Å². The Balaban J connectivity index is 1.49. The van der Waals surface area contributed by atoms with Crippen LogP contribution >= 0.6 is 0 Å². The van der Waals surface area contributed by atoms with E-state index in [-0.39, 0.29) is 17.7 Å². The fourth-order valence-electron chi connectivity index (χ4n) is 3.25. The smallest absolute Gasteiger partial charge is 0.306 e. The van der Waals surface area contributed by atoms with Crippen LogP contribution in [0.5, 0.6) is 0 Å². The average Bonchev–Trinajstić information content (AvgIpc) is 3.14. The van der Waals surface area contributed by atoms with Crippen molar-refractivity contribution in [3.05, 3.63) is 48.0 Å². The Morgan fingerprint density at radius 3 is 2.56 bits per heavy atom. The molecule has 3 rings (SSSR count). The summed E-state index contributed by atoms with van der Waals surface area (Å²) in [4.78, 5) is 27.3. The van der Waals surface area contributed by atoms with E-state index in [9.17, 15) is 9.59 Å². The molecule has 1 aromatic heterocycles. The Kier molecular flexibility index (Phi) is 5.42. The number of carbonyl (C=O) groups is 2. The maximum Gasteiger partial charge on any atom is 0.306 e. The van der Waals surface area contributed by atoms with Crippen molar-refractivity contribution in [2.75, 3.05) is 0 Å². The third-order valence-corrected chi connectivity index (χ3v) is 4.70. The van der Waals surface area contributed by atoms with Gasteiger partial charge in [-0.15, -0.1) is 0 Å². The maximum absolute atomic E-state index is 12.3. The Morgan fingerprint density at radius 2 is 1.88 bits per heavy atom. The summed E-state index contributed by atoms with van der Waals surface area (Å²) in [5, 5.41) is 16.1. The summed E-state index contributed by atoms with van der Waals surface area (Å²) in [6.07, 6.45) is 5.86. The molecule has 25 heavy (non-hydrogen) atoms. The highest BCUT2D eigenvalue weighted by molar-refractivity contribution is 5.80. The van der Waals surface area contributed by atoms with Gasteiger partial charge in [0.15, 0.2) is 0 Å². The Bertz CT molecular complexity index is 712. The first kappa shape index (κ1) is 17.1. The maximum atomic E-state index is 12.3. The van der Waals surface area contributed by atoms with Crippen molar-refractivity contribution in [2.24, 2.45) is 11.8 Å². The molecule has 0 spiro atoms. The molecular weight excluding hydrogens is 320 g/mol. The highest BCUT2D eigenvalue weighted by atomic mass is 16.4. The second kappa shape index (κ2) is 7.92. The molecule has 2 atom stereocenters. The molecule has 1 fully saturated rings. The SMILES string of the molecule is O=C(O)C1CCCC(C(=O)NCc2ccc(Cn3cncn3)cc2)C1. The number of rotatable bonds is 6. The van der Waals surface area contributed by atoms with E-state index >= 15 is 0 Å². The lowest BCUT2D eigenvalue weighted by molar-refractivity contribution is -0.144. The van der Waals surface area contributed by atoms with Gasteiger partial charge in [-0.2, -0.15) is 5.10 Å². The first-order valence-electron chi connectivity index (χ1n) is 8.52. The zero-order valence-electron chi connectivity index (χ0n) is 14.0. The van der Waals surface area contributed by atoms with Gasteiger partial charge < -0.3 is 10.4 Å². The largest absolute Gasteiger partial charge is 0.481 e. The fraction of sp³-hybridized carbons (Fsp3) is 0.444. The monoisotopic (exact) mass is 342 g/mol. The van der Waals surface area contributed by atoms with E-state index in [0.29, 0.717) is 25.9 Å². The van der Waals surface area contributed by atoms with Crippen molar-refractivity contribution in [3.63, 3.8) is 0 Å². The molecule has 1 heterocycles. The summed E-state index contributed by atoms with van der Waals surface area (Å²) < 4.78 is 1.75. The van der Waals surface area contributed by atoms with Gasteiger partial charge in [0.25, 0.3) is 0 Å². The number of hydrogen-bond acceptors (Lipinski definition) is 4. The highest BCUT2D eigenvalue weighted by Crippen LogP contribution is 2.29. The Hall–Kier alpha value is -2.70. The molecule has 0 bridgehead atoms. The molecule has 7 heteroatoms. The van der Waals surface area contributed by atoms with Gasteiger partial charge in [0.05, 0.1) is 12.5 Å². The van der Waals surface area contributed by atoms with Gasteiger partial charge in [-0.05, 0) is 30.4 Å². The van der Waals surface area contributed by atoms with Gasteiger partial charge in [-0.3, -0.25) is 9.59 Å². The predicted molar refractivity (Wildman–Crippen MR) is 90.5 cm³/mol. The minimum absolute atomic E-state index is 0.0438. The van der Waals surface area contributed by atoms with Crippen LogP contribution in [0, 0.1) is 11.8 Å². The topological polar surface area (TPSA) is 97.1 Å². The van der Waals surface area contributed by atoms with Crippen LogP contribution < -0.4 is 5.32 Å². The molecule has 1 amide bonds. The Morgan fingerprint density at radius 1 is 1.16 bits per heavy atom. The second-order valence-electron chi connectivity index (χ2n) is 6.53. The lowest BCUT2D eigenvalue weighted by Gasteiger charge is -2.25. The van der Waals surface area contributed by atoms with Crippen molar-refractivity contribution < 1.29 is 14.7 Å². The third-order valence-electron chi connectivity index (χ3n) is 4.70. The minimum Gasteiger partial charge on any atom is -0.481 e. The standard InChI is InChI=1S/C18H22N4O3/c23-17(15-2-1-3-16(8-15)18(24)25)20-9-13-4-6-14(7-5-13)10-22-12-19-11-21-22/h4-7,11-12,15-16H,1-3,8-10H2,(H,20,23)(H,24,25). The number of amides is 1. The number of nitrogens with one attached hydrogen (secondary N) is 1. The zero-order valence-corrected chi connectivity index (χ0v) is 14.0. The summed E-state index contributed by atoms with van der Waals surface area (Å²) in [5.41, 5.74) is 2.12. The lowest BCUT2D eigenvalue weighted by atomic mass is 9.81. The van der Waals surface area contributed by atoms with Gasteiger partial charge in [-0.25, -0.2) is 9.67 Å². The number of benzene rings is 1. The zero-order chi connectivity index (χ0) is 17.6. The number of hydrogen-bond donors (Lipinski definition) is 2. The van der Waals surface area contributed by atoms with E-state index in [1.807, 2.05) is 24.3 Å². The fourth-order valence-corrected chi connectivity index (χ4v) is 3.25. The summed E-state index contributed by atoms with van der Waals surface area (Å²) in [6.45, 7) is 1.11. The van der Waals surface area contributed by atoms with E-state index in [4.69, 9.17) is 5.11 Å². The van der Waals surface area contributed by atoms with Crippen molar-refractivity contribution in [2.45, 2.75) is 38.8 Å². The number of aromatic nitrogens is 3. The summed E-state index contributed by atoms with van der Waals surface area (Å²) >= 11 is 0. The van der Waals surface area contributed by atoms with Gasteiger partial charge in [0, 0.05) is 12.5 Å². The lowest BCUT2D eigenvalue weighted by Crippen LogP contribution is -2.35. The van der Waals surface area contributed by atoms with Gasteiger partial charge >= 0.3 is 5.97 Å². The third kappa shape index (κ3) is 4.65. The molecule has 132 valence electrons. The number of nitrogens with zero attached hydrogens (tertiary/aromatic N) is 3. The molecule has 0 saturated heterocycles. The summed E-state index contributed by atoms with van der Waals surface area (Å²) in [6, 6.07) is 7.97. The first-order chi connectivity index (χ1) is 12.1. The Labute approximate surface area is 146 Å². The number of carboxylic acid groups (broad SMARTS) is 1. The van der Waals surface area contributed by atoms with Gasteiger partial charge in [0.2, 0.25) is 5.91 Å². The molecule has 2 aromatic rings. The van der Waals surface area contributed by atoms with E-state index in [0.717, 1.165) is 24.0 Å². The van der Waals surface area contributed by atoms with Crippen LogP contribution in [-0.2, 0) is 22.7 Å².